The second kappa shape index (κ2) is 4.63. The van der Waals surface area contributed by atoms with E-state index in [0.29, 0.717) is 11.7 Å². The highest BCUT2D eigenvalue weighted by molar-refractivity contribution is 5.89. The zero-order valence-electron chi connectivity index (χ0n) is 10.6. The fourth-order valence-corrected chi connectivity index (χ4v) is 3.29. The number of fused-ring (bicyclic) bond motifs is 2. The van der Waals surface area contributed by atoms with Gasteiger partial charge in [0.1, 0.15) is 11.9 Å². The van der Waals surface area contributed by atoms with Crippen LogP contribution in [0.15, 0.2) is 24.3 Å². The van der Waals surface area contributed by atoms with Gasteiger partial charge in [0.15, 0.2) is 0 Å². The number of esters is 1. The predicted octanol–water partition coefficient (Wildman–Crippen LogP) is 3.04. The summed E-state index contributed by atoms with van der Waals surface area (Å²) in [5.41, 5.74) is 0.567. The minimum atomic E-state index is -0.304. The average Bonchev–Trinajstić information content (AvgIpc) is 3.01. The van der Waals surface area contributed by atoms with E-state index >= 15 is 0 Å². The molecule has 0 radical (unpaired) electrons. The SMILES string of the molecule is COC(=O)c1ccc(OC2CC3CCC2C3)cc1. The third-order valence-corrected chi connectivity index (χ3v) is 4.24. The zero-order chi connectivity index (χ0) is 12.5. The Morgan fingerprint density at radius 2 is 1.94 bits per heavy atom. The number of carbonyl (C=O) groups is 1. The molecular weight excluding hydrogens is 228 g/mol. The van der Waals surface area contributed by atoms with Crippen molar-refractivity contribution < 1.29 is 14.3 Å². The molecule has 0 amide bonds. The van der Waals surface area contributed by atoms with Crippen LogP contribution in [0.4, 0.5) is 0 Å². The monoisotopic (exact) mass is 246 g/mol. The van der Waals surface area contributed by atoms with Crippen molar-refractivity contribution in [2.24, 2.45) is 11.8 Å². The minimum absolute atomic E-state index is 0.304. The zero-order valence-corrected chi connectivity index (χ0v) is 10.6. The molecule has 96 valence electrons. The number of rotatable bonds is 3. The van der Waals surface area contributed by atoms with Crippen molar-refractivity contribution >= 4 is 5.97 Å². The molecule has 0 spiro atoms. The molecule has 18 heavy (non-hydrogen) atoms. The van der Waals surface area contributed by atoms with Crippen LogP contribution in [0, 0.1) is 11.8 Å². The van der Waals surface area contributed by atoms with E-state index in [2.05, 4.69) is 4.74 Å². The van der Waals surface area contributed by atoms with E-state index in [1.165, 1.54) is 32.8 Å². The molecule has 0 heterocycles. The van der Waals surface area contributed by atoms with Crippen LogP contribution >= 0.6 is 0 Å². The predicted molar refractivity (Wildman–Crippen MR) is 67.6 cm³/mol. The van der Waals surface area contributed by atoms with Gasteiger partial charge >= 0.3 is 5.97 Å². The molecule has 3 nitrogen and oxygen atoms in total. The summed E-state index contributed by atoms with van der Waals surface area (Å²) in [5, 5.41) is 0. The maximum Gasteiger partial charge on any atom is 0.337 e. The molecule has 0 aromatic heterocycles. The lowest BCUT2D eigenvalue weighted by molar-refractivity contribution is 0.0600. The van der Waals surface area contributed by atoms with Crippen LogP contribution in [-0.2, 0) is 4.74 Å². The summed E-state index contributed by atoms with van der Waals surface area (Å²) < 4.78 is 10.7. The van der Waals surface area contributed by atoms with Crippen LogP contribution in [0.1, 0.15) is 36.0 Å². The molecular formula is C15H18O3. The lowest BCUT2D eigenvalue weighted by Gasteiger charge is -2.23. The van der Waals surface area contributed by atoms with Crippen LogP contribution in [0.25, 0.3) is 0 Å². The largest absolute Gasteiger partial charge is 0.490 e. The summed E-state index contributed by atoms with van der Waals surface area (Å²) in [6.07, 6.45) is 5.61. The Kier molecular flexibility index (Phi) is 2.98. The first-order valence-electron chi connectivity index (χ1n) is 6.61. The van der Waals surface area contributed by atoms with Gasteiger partial charge in [-0.2, -0.15) is 0 Å². The van der Waals surface area contributed by atoms with Gasteiger partial charge in [-0.1, -0.05) is 0 Å². The molecule has 2 saturated carbocycles. The molecule has 3 rings (SSSR count). The number of ether oxygens (including phenoxy) is 2. The van der Waals surface area contributed by atoms with Gasteiger partial charge in [-0.05, 0) is 61.8 Å². The molecule has 2 aliphatic rings. The Morgan fingerprint density at radius 3 is 2.50 bits per heavy atom. The number of benzene rings is 1. The fraction of sp³-hybridized carbons (Fsp3) is 0.533. The van der Waals surface area contributed by atoms with Gasteiger partial charge < -0.3 is 9.47 Å². The second-order valence-electron chi connectivity index (χ2n) is 5.35. The van der Waals surface area contributed by atoms with Crippen LogP contribution in [0.3, 0.4) is 0 Å². The first-order valence-corrected chi connectivity index (χ1v) is 6.61. The summed E-state index contributed by atoms with van der Waals surface area (Å²) in [7, 11) is 1.39. The molecule has 1 aromatic carbocycles. The molecule has 0 N–H and O–H groups in total. The second-order valence-corrected chi connectivity index (χ2v) is 5.35. The Balaban J connectivity index is 1.65. The summed E-state index contributed by atoms with van der Waals surface area (Å²) in [5.74, 6) is 2.19. The van der Waals surface area contributed by atoms with Crippen molar-refractivity contribution in [1.29, 1.82) is 0 Å². The lowest BCUT2D eigenvalue weighted by Crippen LogP contribution is -2.23. The number of hydrogen-bond acceptors (Lipinski definition) is 3. The Bertz CT molecular complexity index is 438. The standard InChI is InChI=1S/C15H18O3/c1-17-15(16)11-4-6-13(7-5-11)18-14-9-10-2-3-12(14)8-10/h4-7,10,12,14H,2-3,8-9H2,1H3. The Labute approximate surface area is 107 Å². The normalized spacial score (nSPS) is 29.3. The van der Waals surface area contributed by atoms with Gasteiger partial charge in [-0.15, -0.1) is 0 Å². The average molecular weight is 246 g/mol. The van der Waals surface area contributed by atoms with E-state index < -0.39 is 0 Å². The van der Waals surface area contributed by atoms with E-state index in [1.807, 2.05) is 12.1 Å². The molecule has 1 aromatic rings. The minimum Gasteiger partial charge on any atom is -0.490 e. The molecule has 3 atom stereocenters. The highest BCUT2D eigenvalue weighted by atomic mass is 16.5. The molecule has 2 fully saturated rings. The van der Waals surface area contributed by atoms with E-state index in [4.69, 9.17) is 4.74 Å². The van der Waals surface area contributed by atoms with Gasteiger partial charge in [0.25, 0.3) is 0 Å². The van der Waals surface area contributed by atoms with Crippen LogP contribution in [0.5, 0.6) is 5.75 Å². The summed E-state index contributed by atoms with van der Waals surface area (Å²) in [6.45, 7) is 0. The third-order valence-electron chi connectivity index (χ3n) is 4.24. The van der Waals surface area contributed by atoms with Crippen molar-refractivity contribution in [3.63, 3.8) is 0 Å². The van der Waals surface area contributed by atoms with Crippen LogP contribution in [-0.4, -0.2) is 19.2 Å². The van der Waals surface area contributed by atoms with E-state index in [-0.39, 0.29) is 5.97 Å². The van der Waals surface area contributed by atoms with E-state index in [1.54, 1.807) is 12.1 Å². The Morgan fingerprint density at radius 1 is 1.17 bits per heavy atom. The summed E-state index contributed by atoms with van der Waals surface area (Å²) in [4.78, 5) is 11.3. The van der Waals surface area contributed by atoms with E-state index in [0.717, 1.165) is 17.6 Å². The highest BCUT2D eigenvalue weighted by Gasteiger charge is 2.40. The molecule has 3 heteroatoms. The summed E-state index contributed by atoms with van der Waals surface area (Å²) in [6, 6.07) is 7.24. The highest BCUT2D eigenvalue weighted by Crippen LogP contribution is 2.45. The van der Waals surface area contributed by atoms with Gasteiger partial charge in [-0.3, -0.25) is 0 Å². The number of hydrogen-bond donors (Lipinski definition) is 0. The smallest absolute Gasteiger partial charge is 0.337 e. The van der Waals surface area contributed by atoms with Gasteiger partial charge in [0.2, 0.25) is 0 Å². The number of carbonyl (C=O) groups excluding carboxylic acids is 1. The van der Waals surface area contributed by atoms with Crippen molar-refractivity contribution in [3.05, 3.63) is 29.8 Å². The summed E-state index contributed by atoms with van der Waals surface area (Å²) >= 11 is 0. The molecule has 0 saturated heterocycles. The van der Waals surface area contributed by atoms with Crippen molar-refractivity contribution in [1.82, 2.24) is 0 Å². The molecule has 2 bridgehead atoms. The van der Waals surface area contributed by atoms with Crippen LogP contribution < -0.4 is 4.74 Å². The third kappa shape index (κ3) is 2.09. The van der Waals surface area contributed by atoms with Crippen molar-refractivity contribution in [2.45, 2.75) is 31.8 Å². The fourth-order valence-electron chi connectivity index (χ4n) is 3.29. The Hall–Kier alpha value is -1.51. The first-order chi connectivity index (χ1) is 8.76. The van der Waals surface area contributed by atoms with Crippen LogP contribution in [0.2, 0.25) is 0 Å². The maximum absolute atomic E-state index is 11.3. The van der Waals surface area contributed by atoms with Gasteiger partial charge in [0.05, 0.1) is 12.7 Å². The van der Waals surface area contributed by atoms with Gasteiger partial charge in [-0.25, -0.2) is 4.79 Å². The first kappa shape index (κ1) is 11.6. The topological polar surface area (TPSA) is 35.5 Å². The molecule has 3 unspecified atom stereocenters. The quantitative estimate of drug-likeness (QED) is 0.769. The lowest BCUT2D eigenvalue weighted by atomic mass is 9.98. The molecule has 0 aliphatic heterocycles. The van der Waals surface area contributed by atoms with E-state index in [9.17, 15) is 4.79 Å². The molecule has 2 aliphatic carbocycles. The number of methoxy groups -OCH3 is 1. The maximum atomic E-state index is 11.3. The van der Waals surface area contributed by atoms with Crippen molar-refractivity contribution in [3.8, 4) is 5.75 Å². The van der Waals surface area contributed by atoms with Gasteiger partial charge in [0, 0.05) is 0 Å². The van der Waals surface area contributed by atoms with Crippen molar-refractivity contribution in [2.75, 3.05) is 7.11 Å².